The molecule has 0 aliphatic carbocycles. The lowest BCUT2D eigenvalue weighted by Crippen LogP contribution is -2.71. The first kappa shape index (κ1) is 27.5. The van der Waals surface area contributed by atoms with E-state index in [2.05, 4.69) is 15.5 Å². The Balaban J connectivity index is 1.36. The van der Waals surface area contributed by atoms with Crippen LogP contribution in [0.15, 0.2) is 51.7 Å². The summed E-state index contributed by atoms with van der Waals surface area (Å²) < 4.78 is 2.94. The second-order valence-corrected chi connectivity index (χ2v) is 12.3. The fraction of sp³-hybridized carbons (Fsp3) is 0.292. The highest BCUT2D eigenvalue weighted by Crippen LogP contribution is 2.40. The summed E-state index contributed by atoms with van der Waals surface area (Å²) in [5.74, 6) is -4.01. The zero-order valence-electron chi connectivity index (χ0n) is 21.0. The average molecular weight is 603 g/mol. The molecule has 2 aliphatic rings. The predicted molar refractivity (Wildman–Crippen MR) is 145 cm³/mol. The van der Waals surface area contributed by atoms with E-state index < -0.39 is 40.8 Å². The van der Waals surface area contributed by atoms with Crippen LogP contribution in [0.2, 0.25) is 0 Å². The second-order valence-electron chi connectivity index (χ2n) is 9.38. The zero-order chi connectivity index (χ0) is 28.8. The summed E-state index contributed by atoms with van der Waals surface area (Å²) in [5, 5.41) is 31.6. The number of oxime groups is 1. The molecule has 5 heterocycles. The maximum absolute atomic E-state index is 13.2. The van der Waals surface area contributed by atoms with Gasteiger partial charge in [0, 0.05) is 27.5 Å². The van der Waals surface area contributed by atoms with Crippen molar-refractivity contribution in [3.05, 3.63) is 52.3 Å². The summed E-state index contributed by atoms with van der Waals surface area (Å²) in [5.41, 5.74) is 3.85. The van der Waals surface area contributed by atoms with Gasteiger partial charge in [0.15, 0.2) is 29.8 Å². The molecule has 16 heteroatoms. The summed E-state index contributed by atoms with van der Waals surface area (Å²) in [7, 11) is 0. The molecule has 0 saturated carbocycles. The predicted octanol–water partition coefficient (Wildman–Crippen LogP) is -0.0845. The number of nitrogen functional groups attached to an aromatic ring is 1. The van der Waals surface area contributed by atoms with E-state index in [9.17, 15) is 29.4 Å². The summed E-state index contributed by atoms with van der Waals surface area (Å²) in [4.78, 5) is 60.1. The molecule has 208 valence electrons. The van der Waals surface area contributed by atoms with Gasteiger partial charge in [0.25, 0.3) is 11.8 Å². The van der Waals surface area contributed by atoms with E-state index in [1.165, 1.54) is 31.0 Å². The van der Waals surface area contributed by atoms with Crippen LogP contribution < -0.4 is 20.7 Å². The van der Waals surface area contributed by atoms with Crippen LogP contribution in [0, 0.1) is 0 Å². The number of β-lactam (4-membered cyclic amide) rings is 1. The van der Waals surface area contributed by atoms with Crippen LogP contribution in [0.3, 0.4) is 0 Å². The molecule has 4 N–H and O–H groups in total. The van der Waals surface area contributed by atoms with Gasteiger partial charge in [-0.2, -0.15) is 0 Å². The lowest BCUT2D eigenvalue weighted by molar-refractivity contribution is -0.687. The molecule has 2 aliphatic heterocycles. The summed E-state index contributed by atoms with van der Waals surface area (Å²) in [6.45, 7) is 2.74. The number of pyridine rings is 1. The minimum absolute atomic E-state index is 0.0262. The monoisotopic (exact) mass is 602 g/mol. The van der Waals surface area contributed by atoms with E-state index in [0.29, 0.717) is 5.57 Å². The van der Waals surface area contributed by atoms with E-state index in [1.807, 2.05) is 34.5 Å². The third kappa shape index (κ3) is 5.12. The standard InChI is InChI=1S/C24H22N6O7S3/c1-24(2,22(35)36)37-28-15(13-10-40-23(25)26-13)18(31)27-16-19(32)30-17(21(33)34)12(9-39-20(16)30)8-29-5-3-14-11(7-29)4-6-38-14/h3-7,10,16,20H,8-9H2,1-2H3,(H4-,25,26,27,31,33,34,35,36)/b28-15+. The Labute approximate surface area is 238 Å². The third-order valence-corrected chi connectivity index (χ3v) is 9.12. The van der Waals surface area contributed by atoms with Gasteiger partial charge in [0.05, 0.1) is 17.1 Å². The second kappa shape index (κ2) is 10.5. The minimum atomic E-state index is -1.76. The van der Waals surface area contributed by atoms with E-state index in [0.717, 1.165) is 26.3 Å². The smallest absolute Gasteiger partial charge is 0.350 e. The Morgan fingerprint density at radius 1 is 1.35 bits per heavy atom. The van der Waals surface area contributed by atoms with Crippen molar-refractivity contribution in [1.82, 2.24) is 15.2 Å². The van der Waals surface area contributed by atoms with Gasteiger partial charge < -0.3 is 30.9 Å². The van der Waals surface area contributed by atoms with Gasteiger partial charge >= 0.3 is 5.97 Å². The number of nitrogens with two attached hydrogens (primary N) is 1. The molecular formula is C24H22N6O7S3. The van der Waals surface area contributed by atoms with Gasteiger partial charge in [-0.25, -0.2) is 14.3 Å². The number of amides is 2. The first-order valence-corrected chi connectivity index (χ1v) is 14.5. The Morgan fingerprint density at radius 3 is 2.80 bits per heavy atom. The molecule has 1 fully saturated rings. The molecule has 2 unspecified atom stereocenters. The van der Waals surface area contributed by atoms with E-state index >= 15 is 0 Å². The molecule has 40 heavy (non-hydrogen) atoms. The Hall–Kier alpha value is -4.02. The number of carboxylic acids is 2. The number of nitrogens with zero attached hydrogens (tertiary/aromatic N) is 4. The molecule has 13 nitrogen and oxygen atoms in total. The van der Waals surface area contributed by atoms with Crippen LogP contribution in [0.25, 0.3) is 10.1 Å². The van der Waals surface area contributed by atoms with Crippen LogP contribution >= 0.6 is 34.4 Å². The molecule has 0 aromatic carbocycles. The largest absolute Gasteiger partial charge is 0.543 e. The van der Waals surface area contributed by atoms with Crippen LogP contribution in [-0.4, -0.2) is 67.2 Å². The molecule has 2 atom stereocenters. The molecule has 1 saturated heterocycles. The van der Waals surface area contributed by atoms with Crippen LogP contribution in [0.4, 0.5) is 5.13 Å². The van der Waals surface area contributed by atoms with E-state index in [4.69, 9.17) is 10.6 Å². The first-order chi connectivity index (χ1) is 19.0. The number of fused-ring (bicyclic) bond motifs is 2. The number of thiazole rings is 1. The van der Waals surface area contributed by atoms with Crippen molar-refractivity contribution >= 4 is 79.1 Å². The summed E-state index contributed by atoms with van der Waals surface area (Å²) in [6.07, 6.45) is 3.75. The maximum Gasteiger partial charge on any atom is 0.350 e. The van der Waals surface area contributed by atoms with Crippen molar-refractivity contribution in [2.24, 2.45) is 5.16 Å². The number of thioether (sulfide) groups is 1. The SMILES string of the molecule is CC(C)(O/N=C(/C(=O)NC1C(=O)N2C(C(=O)[O-])=C(C[n+]3ccc4sccc4c3)CSC12)c1csc(N)n1)C(=O)O. The number of nitrogens with one attached hydrogen (secondary N) is 1. The van der Waals surface area contributed by atoms with Crippen LogP contribution in [-0.2, 0) is 30.6 Å². The number of aliphatic carboxylic acids is 2. The summed E-state index contributed by atoms with van der Waals surface area (Å²) >= 11 is 3.93. The topological polar surface area (TPSA) is 191 Å². The number of carbonyl (C=O) groups is 4. The Bertz CT molecular complexity index is 1610. The average Bonchev–Trinajstić information content (AvgIpc) is 3.55. The van der Waals surface area contributed by atoms with E-state index in [-0.39, 0.29) is 34.5 Å². The number of thiophene rings is 1. The van der Waals surface area contributed by atoms with Gasteiger partial charge in [0.1, 0.15) is 17.1 Å². The van der Waals surface area contributed by atoms with Crippen molar-refractivity contribution in [2.45, 2.75) is 37.4 Å². The quantitative estimate of drug-likeness (QED) is 0.129. The number of hydrogen-bond donors (Lipinski definition) is 3. The van der Waals surface area contributed by atoms with Crippen molar-refractivity contribution in [3.63, 3.8) is 0 Å². The number of anilines is 1. The molecule has 3 aromatic rings. The maximum atomic E-state index is 13.2. The fourth-order valence-corrected chi connectivity index (χ4v) is 6.72. The molecule has 0 spiro atoms. The molecule has 0 radical (unpaired) electrons. The Morgan fingerprint density at radius 2 is 2.12 bits per heavy atom. The minimum Gasteiger partial charge on any atom is -0.543 e. The van der Waals surface area contributed by atoms with Gasteiger partial charge in [-0.15, -0.1) is 34.4 Å². The lowest BCUT2D eigenvalue weighted by atomic mass is 10.0. The number of hydrogen-bond acceptors (Lipinski definition) is 12. The Kier molecular flexibility index (Phi) is 7.24. The van der Waals surface area contributed by atoms with Gasteiger partial charge in [-0.3, -0.25) is 14.5 Å². The highest BCUT2D eigenvalue weighted by molar-refractivity contribution is 8.00. The molecular weight excluding hydrogens is 581 g/mol. The number of carboxylic acid groups (broad SMARTS) is 2. The molecule has 0 bridgehead atoms. The normalized spacial score (nSPS) is 19.3. The van der Waals surface area contributed by atoms with Crippen molar-refractivity contribution < 1.29 is 38.8 Å². The highest BCUT2D eigenvalue weighted by atomic mass is 32.2. The third-order valence-electron chi connectivity index (χ3n) is 6.21. The molecule has 3 aromatic heterocycles. The fourth-order valence-electron chi connectivity index (χ4n) is 4.08. The van der Waals surface area contributed by atoms with Gasteiger partial charge in [-0.1, -0.05) is 5.16 Å². The zero-order valence-corrected chi connectivity index (χ0v) is 23.5. The van der Waals surface area contributed by atoms with Crippen molar-refractivity contribution in [1.29, 1.82) is 0 Å². The number of aromatic nitrogens is 2. The van der Waals surface area contributed by atoms with E-state index in [1.54, 1.807) is 11.3 Å². The first-order valence-electron chi connectivity index (χ1n) is 11.7. The van der Waals surface area contributed by atoms with Gasteiger partial charge in [0.2, 0.25) is 5.60 Å². The highest BCUT2D eigenvalue weighted by Gasteiger charge is 2.53. The van der Waals surface area contributed by atoms with Crippen molar-refractivity contribution in [3.8, 4) is 0 Å². The lowest BCUT2D eigenvalue weighted by Gasteiger charge is -2.50. The molecule has 2 amide bonds. The van der Waals surface area contributed by atoms with Gasteiger partial charge in [-0.05, 0) is 25.3 Å². The summed E-state index contributed by atoms with van der Waals surface area (Å²) in [6, 6.07) is 2.83. The van der Waals surface area contributed by atoms with Crippen LogP contribution in [0.1, 0.15) is 19.5 Å². The van der Waals surface area contributed by atoms with Crippen molar-refractivity contribution in [2.75, 3.05) is 11.5 Å². The number of carbonyl (C=O) groups excluding carboxylic acids is 3. The molecule has 5 rings (SSSR count). The van der Waals surface area contributed by atoms with Crippen LogP contribution in [0.5, 0.6) is 0 Å². The number of rotatable bonds is 9.